The molecule has 0 radical (unpaired) electrons. The Morgan fingerprint density at radius 2 is 2.25 bits per heavy atom. The first-order valence-electron chi connectivity index (χ1n) is 5.94. The molecule has 16 heavy (non-hydrogen) atoms. The van der Waals surface area contributed by atoms with E-state index in [0.29, 0.717) is 18.1 Å². The minimum absolute atomic E-state index is 0.211. The zero-order valence-electron chi connectivity index (χ0n) is 9.57. The van der Waals surface area contributed by atoms with Crippen LogP contribution in [0.1, 0.15) is 61.0 Å². The van der Waals surface area contributed by atoms with Crippen molar-refractivity contribution in [1.82, 2.24) is 4.37 Å². The van der Waals surface area contributed by atoms with Crippen molar-refractivity contribution in [3.63, 3.8) is 0 Å². The van der Waals surface area contributed by atoms with Gasteiger partial charge < -0.3 is 4.74 Å². The van der Waals surface area contributed by atoms with Crippen molar-refractivity contribution < 1.29 is 9.53 Å². The topological polar surface area (TPSA) is 39.2 Å². The summed E-state index contributed by atoms with van der Waals surface area (Å²) in [6.07, 6.45) is 6.15. The van der Waals surface area contributed by atoms with E-state index in [9.17, 15) is 4.79 Å². The summed E-state index contributed by atoms with van der Waals surface area (Å²) in [4.78, 5) is 11.7. The number of carbonyl (C=O) groups excluding carboxylic acids is 1. The van der Waals surface area contributed by atoms with Crippen LogP contribution in [-0.4, -0.2) is 16.9 Å². The Bertz CT molecular complexity index is 356. The Labute approximate surface area is 100.0 Å². The van der Waals surface area contributed by atoms with Crippen LogP contribution in [0.3, 0.4) is 0 Å². The Hall–Kier alpha value is -0.900. The lowest BCUT2D eigenvalue weighted by molar-refractivity contribution is 0.0524. The number of ether oxygens (including phenoxy) is 1. The van der Waals surface area contributed by atoms with Crippen molar-refractivity contribution in [2.24, 2.45) is 0 Å². The quantitative estimate of drug-likeness (QED) is 0.759. The van der Waals surface area contributed by atoms with Crippen LogP contribution < -0.4 is 0 Å². The maximum Gasteiger partial charge on any atom is 0.340 e. The molecule has 88 valence electrons. The third kappa shape index (κ3) is 2.43. The maximum atomic E-state index is 11.7. The minimum Gasteiger partial charge on any atom is -0.462 e. The molecule has 1 aromatic rings. The van der Waals surface area contributed by atoms with Crippen molar-refractivity contribution in [2.45, 2.75) is 44.9 Å². The fourth-order valence-electron chi connectivity index (χ4n) is 2.28. The molecule has 0 aromatic carbocycles. The van der Waals surface area contributed by atoms with E-state index in [4.69, 9.17) is 4.74 Å². The van der Waals surface area contributed by atoms with E-state index in [1.54, 1.807) is 0 Å². The van der Waals surface area contributed by atoms with Gasteiger partial charge in [0.05, 0.1) is 17.9 Å². The van der Waals surface area contributed by atoms with Crippen molar-refractivity contribution >= 4 is 17.5 Å². The molecule has 0 amide bonds. The molecule has 1 aromatic heterocycles. The van der Waals surface area contributed by atoms with Crippen LogP contribution in [0.5, 0.6) is 0 Å². The third-order valence-corrected chi connectivity index (χ3v) is 3.73. The number of nitrogens with zero attached hydrogens (tertiary/aromatic N) is 1. The molecule has 0 bridgehead atoms. The van der Waals surface area contributed by atoms with Crippen LogP contribution in [0, 0.1) is 0 Å². The lowest BCUT2D eigenvalue weighted by Gasteiger charge is -2.20. The van der Waals surface area contributed by atoms with Gasteiger partial charge in [-0.25, -0.2) is 4.79 Å². The molecule has 1 heterocycles. The van der Waals surface area contributed by atoms with E-state index in [2.05, 4.69) is 4.37 Å². The van der Waals surface area contributed by atoms with E-state index in [0.717, 1.165) is 18.5 Å². The SMILES string of the molecule is CCOC(=O)c1csnc1C1CCCCC1. The number of carbonyl (C=O) groups is 1. The molecule has 3 nitrogen and oxygen atoms in total. The Kier molecular flexibility index (Phi) is 3.93. The average Bonchev–Trinajstić information content (AvgIpc) is 2.79. The third-order valence-electron chi connectivity index (χ3n) is 3.08. The molecule has 1 aliphatic rings. The van der Waals surface area contributed by atoms with E-state index in [1.807, 2.05) is 12.3 Å². The number of hydrogen-bond donors (Lipinski definition) is 0. The van der Waals surface area contributed by atoms with Crippen LogP contribution in [0.4, 0.5) is 0 Å². The highest BCUT2D eigenvalue weighted by Crippen LogP contribution is 2.34. The molecule has 0 atom stereocenters. The maximum absolute atomic E-state index is 11.7. The molecule has 0 N–H and O–H groups in total. The van der Waals surface area contributed by atoms with Gasteiger partial charge in [0, 0.05) is 11.3 Å². The lowest BCUT2D eigenvalue weighted by atomic mass is 9.85. The van der Waals surface area contributed by atoms with Crippen molar-refractivity contribution in [3.8, 4) is 0 Å². The zero-order chi connectivity index (χ0) is 11.4. The molecular weight excluding hydrogens is 222 g/mol. The molecule has 0 unspecified atom stereocenters. The largest absolute Gasteiger partial charge is 0.462 e. The molecule has 1 aliphatic carbocycles. The number of aromatic nitrogens is 1. The van der Waals surface area contributed by atoms with Crippen molar-refractivity contribution in [2.75, 3.05) is 6.61 Å². The van der Waals surface area contributed by atoms with Gasteiger partial charge in [0.1, 0.15) is 0 Å². The summed E-state index contributed by atoms with van der Waals surface area (Å²) in [7, 11) is 0. The highest BCUT2D eigenvalue weighted by atomic mass is 32.1. The summed E-state index contributed by atoms with van der Waals surface area (Å²) < 4.78 is 9.43. The normalized spacial score (nSPS) is 17.3. The number of rotatable bonds is 3. The summed E-state index contributed by atoms with van der Waals surface area (Å²) in [5.41, 5.74) is 1.67. The van der Waals surface area contributed by atoms with Gasteiger partial charge in [0.25, 0.3) is 0 Å². The second-order valence-corrected chi connectivity index (χ2v) is 4.80. The van der Waals surface area contributed by atoms with Gasteiger partial charge >= 0.3 is 5.97 Å². The van der Waals surface area contributed by atoms with Gasteiger partial charge in [0.2, 0.25) is 0 Å². The van der Waals surface area contributed by atoms with Gasteiger partial charge in [-0.05, 0) is 31.3 Å². The predicted molar refractivity (Wildman–Crippen MR) is 63.9 cm³/mol. The van der Waals surface area contributed by atoms with Crippen LogP contribution in [0.15, 0.2) is 5.38 Å². The highest BCUT2D eigenvalue weighted by molar-refractivity contribution is 7.03. The lowest BCUT2D eigenvalue weighted by Crippen LogP contribution is -2.12. The fraction of sp³-hybridized carbons (Fsp3) is 0.667. The highest BCUT2D eigenvalue weighted by Gasteiger charge is 2.24. The van der Waals surface area contributed by atoms with Crippen LogP contribution in [0.2, 0.25) is 0 Å². The van der Waals surface area contributed by atoms with Gasteiger partial charge in [-0.15, -0.1) is 0 Å². The first kappa shape index (κ1) is 11.6. The van der Waals surface area contributed by atoms with Gasteiger partial charge in [-0.2, -0.15) is 4.37 Å². The van der Waals surface area contributed by atoms with E-state index in [1.165, 1.54) is 30.8 Å². The van der Waals surface area contributed by atoms with Crippen LogP contribution in [-0.2, 0) is 4.74 Å². The second kappa shape index (κ2) is 5.43. The molecule has 1 fully saturated rings. The van der Waals surface area contributed by atoms with Crippen molar-refractivity contribution in [1.29, 1.82) is 0 Å². The van der Waals surface area contributed by atoms with Gasteiger partial charge in [-0.3, -0.25) is 0 Å². The number of hydrogen-bond acceptors (Lipinski definition) is 4. The summed E-state index contributed by atoms with van der Waals surface area (Å²) in [6, 6.07) is 0. The smallest absolute Gasteiger partial charge is 0.340 e. The van der Waals surface area contributed by atoms with E-state index in [-0.39, 0.29) is 5.97 Å². The second-order valence-electron chi connectivity index (χ2n) is 4.17. The monoisotopic (exact) mass is 239 g/mol. The Morgan fingerprint density at radius 1 is 1.50 bits per heavy atom. The summed E-state index contributed by atoms with van der Waals surface area (Å²) in [5.74, 6) is 0.260. The molecule has 1 saturated carbocycles. The van der Waals surface area contributed by atoms with E-state index >= 15 is 0 Å². The molecular formula is C12H17NO2S. The number of esters is 1. The summed E-state index contributed by atoms with van der Waals surface area (Å²) >= 11 is 1.36. The first-order chi connectivity index (χ1) is 7.83. The van der Waals surface area contributed by atoms with Crippen LogP contribution >= 0.6 is 11.5 Å². The summed E-state index contributed by atoms with van der Waals surface area (Å²) in [6.45, 7) is 2.26. The van der Waals surface area contributed by atoms with Gasteiger partial charge in [-0.1, -0.05) is 19.3 Å². The van der Waals surface area contributed by atoms with Crippen molar-refractivity contribution in [3.05, 3.63) is 16.6 Å². The molecule has 4 heteroatoms. The van der Waals surface area contributed by atoms with E-state index < -0.39 is 0 Å². The van der Waals surface area contributed by atoms with Crippen LogP contribution in [0.25, 0.3) is 0 Å². The Balaban J connectivity index is 2.14. The predicted octanol–water partition coefficient (Wildman–Crippen LogP) is 3.37. The van der Waals surface area contributed by atoms with Gasteiger partial charge in [0.15, 0.2) is 0 Å². The Morgan fingerprint density at radius 3 is 2.94 bits per heavy atom. The molecule has 0 spiro atoms. The molecule has 2 rings (SSSR count). The first-order valence-corrected chi connectivity index (χ1v) is 6.78. The standard InChI is InChI=1S/C12H17NO2S/c1-2-15-12(14)10-8-16-13-11(10)9-6-4-3-5-7-9/h8-9H,2-7H2,1H3. The molecule has 0 saturated heterocycles. The summed E-state index contributed by atoms with van der Waals surface area (Å²) in [5, 5.41) is 1.82. The fourth-order valence-corrected chi connectivity index (χ4v) is 3.01. The zero-order valence-corrected chi connectivity index (χ0v) is 10.4. The average molecular weight is 239 g/mol. The molecule has 0 aliphatic heterocycles. The minimum atomic E-state index is -0.211.